The highest BCUT2D eigenvalue weighted by Gasteiger charge is 2.14. The third-order valence-corrected chi connectivity index (χ3v) is 3.90. The van der Waals surface area contributed by atoms with Crippen LogP contribution in [0.5, 0.6) is 0 Å². The molecule has 0 N–H and O–H groups in total. The molecule has 0 amide bonds. The van der Waals surface area contributed by atoms with Crippen molar-refractivity contribution in [2.75, 3.05) is 0 Å². The molecule has 0 aliphatic rings. The fraction of sp³-hybridized carbons (Fsp3) is 0.143. The molecule has 0 heterocycles. The van der Waals surface area contributed by atoms with Crippen LogP contribution in [0.2, 0.25) is 0 Å². The Hall–Kier alpha value is -2.25. The van der Waals surface area contributed by atoms with Crippen LogP contribution in [0.3, 0.4) is 0 Å². The minimum atomic E-state index is -3.74. The molecule has 6 nitrogen and oxygen atoms in total. The fourth-order valence-electron chi connectivity index (χ4n) is 1.69. The molecule has 0 fully saturated rings. The summed E-state index contributed by atoms with van der Waals surface area (Å²) in [7, 11) is -3.74. The average Bonchev–Trinajstić information content (AvgIpc) is 2.46. The lowest BCUT2D eigenvalue weighted by Gasteiger charge is -2.06. The van der Waals surface area contributed by atoms with Crippen molar-refractivity contribution in [3.05, 3.63) is 75.8 Å². The molecule has 110 valence electrons. The molecule has 2 aromatic carbocycles. The maximum Gasteiger partial charge on any atom is 0.271 e. The molecule has 0 radical (unpaired) electrons. The Balaban J connectivity index is 1.99. The minimum Gasteiger partial charge on any atom is -0.265 e. The Morgan fingerprint density at radius 2 is 1.57 bits per heavy atom. The molecule has 2 rings (SSSR count). The molecule has 0 saturated carbocycles. The van der Waals surface area contributed by atoms with Gasteiger partial charge in [0, 0.05) is 12.1 Å². The zero-order valence-corrected chi connectivity index (χ0v) is 11.8. The monoisotopic (exact) mass is 307 g/mol. The maximum absolute atomic E-state index is 11.8. The number of nitro groups is 1. The highest BCUT2D eigenvalue weighted by Crippen LogP contribution is 2.15. The van der Waals surface area contributed by atoms with Crippen LogP contribution in [-0.4, -0.2) is 13.3 Å². The van der Waals surface area contributed by atoms with E-state index in [4.69, 9.17) is 4.18 Å². The Bertz CT molecular complexity index is 711. The molecule has 0 bridgehead atoms. The number of rotatable bonds is 6. The van der Waals surface area contributed by atoms with Gasteiger partial charge in [0.25, 0.3) is 15.8 Å². The molecule has 2 aromatic rings. The molecule has 21 heavy (non-hydrogen) atoms. The van der Waals surface area contributed by atoms with Crippen molar-refractivity contribution in [3.8, 4) is 0 Å². The second-order valence-electron chi connectivity index (χ2n) is 4.37. The van der Waals surface area contributed by atoms with Crippen LogP contribution in [0.4, 0.5) is 5.69 Å². The largest absolute Gasteiger partial charge is 0.271 e. The molecule has 7 heteroatoms. The van der Waals surface area contributed by atoms with Crippen molar-refractivity contribution >= 4 is 15.8 Å². The third-order valence-electron chi connectivity index (χ3n) is 2.74. The standard InChI is InChI=1S/C14H13NO5S/c16-15(17)14-8-6-13(7-9-14)11-21(18,19)20-10-12-4-2-1-3-5-12/h1-9H,10-11H2. The van der Waals surface area contributed by atoms with Crippen LogP contribution in [0, 0.1) is 10.1 Å². The van der Waals surface area contributed by atoms with Crippen molar-refractivity contribution in [3.63, 3.8) is 0 Å². The topological polar surface area (TPSA) is 86.5 Å². The van der Waals surface area contributed by atoms with E-state index in [1.54, 1.807) is 24.3 Å². The molecule has 0 aromatic heterocycles. The molecule has 0 saturated heterocycles. The zero-order chi connectivity index (χ0) is 15.3. The van der Waals surface area contributed by atoms with Crippen molar-refractivity contribution in [1.29, 1.82) is 0 Å². The summed E-state index contributed by atoms with van der Waals surface area (Å²) in [5.74, 6) is -0.322. The van der Waals surface area contributed by atoms with Gasteiger partial charge in [-0.2, -0.15) is 8.42 Å². The lowest BCUT2D eigenvalue weighted by atomic mass is 10.2. The molecule has 0 spiro atoms. The first-order valence-electron chi connectivity index (χ1n) is 6.11. The molecule has 0 unspecified atom stereocenters. The first-order chi connectivity index (χ1) is 9.96. The second-order valence-corrected chi connectivity index (χ2v) is 6.01. The number of hydrogen-bond acceptors (Lipinski definition) is 5. The predicted molar refractivity (Wildman–Crippen MR) is 77.0 cm³/mol. The van der Waals surface area contributed by atoms with E-state index in [0.29, 0.717) is 5.56 Å². The maximum atomic E-state index is 11.8. The molecular formula is C14H13NO5S. The van der Waals surface area contributed by atoms with E-state index < -0.39 is 15.0 Å². The summed E-state index contributed by atoms with van der Waals surface area (Å²) in [6.45, 7) is -0.0316. The Morgan fingerprint density at radius 3 is 2.14 bits per heavy atom. The number of hydrogen-bond donors (Lipinski definition) is 0. The highest BCUT2D eigenvalue weighted by atomic mass is 32.2. The number of nitrogens with zero attached hydrogens (tertiary/aromatic N) is 1. The predicted octanol–water partition coefficient (Wildman–Crippen LogP) is 2.64. The number of benzene rings is 2. The summed E-state index contributed by atoms with van der Waals surface area (Å²) >= 11 is 0. The highest BCUT2D eigenvalue weighted by molar-refractivity contribution is 7.85. The summed E-state index contributed by atoms with van der Waals surface area (Å²) in [5.41, 5.74) is 1.11. The lowest BCUT2D eigenvalue weighted by molar-refractivity contribution is -0.384. The van der Waals surface area contributed by atoms with Gasteiger partial charge in [0.05, 0.1) is 11.5 Å². The van der Waals surface area contributed by atoms with Gasteiger partial charge in [-0.1, -0.05) is 42.5 Å². The third kappa shape index (κ3) is 4.66. The summed E-state index contributed by atoms with van der Waals surface area (Å²) in [6, 6.07) is 14.3. The molecule has 0 atom stereocenters. The van der Waals surface area contributed by atoms with Gasteiger partial charge >= 0.3 is 0 Å². The fourth-order valence-corrected chi connectivity index (χ4v) is 2.69. The van der Waals surface area contributed by atoms with Crippen LogP contribution >= 0.6 is 0 Å². The first kappa shape index (κ1) is 15.1. The SMILES string of the molecule is O=[N+]([O-])c1ccc(CS(=O)(=O)OCc2ccccc2)cc1. The van der Waals surface area contributed by atoms with Gasteiger partial charge in [0.2, 0.25) is 0 Å². The summed E-state index contributed by atoms with van der Waals surface area (Å²) < 4.78 is 28.6. The summed E-state index contributed by atoms with van der Waals surface area (Å²) in [6.07, 6.45) is 0. The minimum absolute atomic E-state index is 0.0316. The van der Waals surface area contributed by atoms with E-state index in [1.165, 1.54) is 24.3 Å². The van der Waals surface area contributed by atoms with Crippen LogP contribution < -0.4 is 0 Å². The first-order valence-corrected chi connectivity index (χ1v) is 7.68. The van der Waals surface area contributed by atoms with Crippen LogP contribution in [0.1, 0.15) is 11.1 Å². The van der Waals surface area contributed by atoms with Crippen molar-refractivity contribution in [2.45, 2.75) is 12.4 Å². The zero-order valence-electron chi connectivity index (χ0n) is 11.0. The van der Waals surface area contributed by atoms with Crippen molar-refractivity contribution in [1.82, 2.24) is 0 Å². The number of nitro benzene ring substituents is 1. The van der Waals surface area contributed by atoms with Crippen molar-refractivity contribution < 1.29 is 17.5 Å². The van der Waals surface area contributed by atoms with E-state index in [0.717, 1.165) is 5.56 Å². The second kappa shape index (κ2) is 6.47. The Kier molecular flexibility index (Phi) is 4.66. The van der Waals surface area contributed by atoms with Crippen LogP contribution in [-0.2, 0) is 26.7 Å². The number of non-ortho nitro benzene ring substituents is 1. The van der Waals surface area contributed by atoms with Gasteiger partial charge in [-0.05, 0) is 11.1 Å². The molecule has 0 aliphatic carbocycles. The lowest BCUT2D eigenvalue weighted by Crippen LogP contribution is -2.09. The van der Waals surface area contributed by atoms with E-state index in [1.807, 2.05) is 6.07 Å². The van der Waals surface area contributed by atoms with Crippen LogP contribution in [0.15, 0.2) is 54.6 Å². The molecular weight excluding hydrogens is 294 g/mol. The normalized spacial score (nSPS) is 11.2. The molecule has 0 aliphatic heterocycles. The van der Waals surface area contributed by atoms with Gasteiger partial charge in [-0.15, -0.1) is 0 Å². The smallest absolute Gasteiger partial charge is 0.265 e. The van der Waals surface area contributed by atoms with E-state index in [2.05, 4.69) is 0 Å². The summed E-state index contributed by atoms with van der Waals surface area (Å²) in [4.78, 5) is 9.98. The van der Waals surface area contributed by atoms with E-state index in [9.17, 15) is 18.5 Å². The van der Waals surface area contributed by atoms with Crippen molar-refractivity contribution in [2.24, 2.45) is 0 Å². The Labute approximate surface area is 122 Å². The van der Waals surface area contributed by atoms with Gasteiger partial charge in [-0.25, -0.2) is 0 Å². The Morgan fingerprint density at radius 1 is 0.952 bits per heavy atom. The van der Waals surface area contributed by atoms with Crippen LogP contribution in [0.25, 0.3) is 0 Å². The van der Waals surface area contributed by atoms with Gasteiger partial charge in [0.1, 0.15) is 5.75 Å². The van der Waals surface area contributed by atoms with Gasteiger partial charge in [-0.3, -0.25) is 14.3 Å². The summed E-state index contributed by atoms with van der Waals surface area (Å²) in [5, 5.41) is 10.5. The van der Waals surface area contributed by atoms with Gasteiger partial charge < -0.3 is 0 Å². The van der Waals surface area contributed by atoms with Gasteiger partial charge in [0.15, 0.2) is 0 Å². The average molecular weight is 307 g/mol. The quantitative estimate of drug-likeness (QED) is 0.465. The van der Waals surface area contributed by atoms with E-state index in [-0.39, 0.29) is 18.0 Å². The van der Waals surface area contributed by atoms with E-state index >= 15 is 0 Å².